The predicted molar refractivity (Wildman–Crippen MR) is 81.2 cm³/mol. The number of Topliss-reactive ketones (excluding diaryl/α,β-unsaturated/α-hetero) is 1. The van der Waals surface area contributed by atoms with E-state index < -0.39 is 0 Å². The number of hydrogen-bond acceptors (Lipinski definition) is 3. The van der Waals surface area contributed by atoms with Gasteiger partial charge in [-0.25, -0.2) is 0 Å². The van der Waals surface area contributed by atoms with Gasteiger partial charge in [0.25, 0.3) is 0 Å². The number of ether oxygens (including phenoxy) is 1. The summed E-state index contributed by atoms with van der Waals surface area (Å²) in [5, 5.41) is 0. The first kappa shape index (κ1) is 12.9. The smallest absolute Gasteiger partial charge is 0.143 e. The summed E-state index contributed by atoms with van der Waals surface area (Å²) in [6.07, 6.45) is 3.96. The van der Waals surface area contributed by atoms with E-state index in [1.54, 1.807) is 0 Å². The first-order valence-electron chi connectivity index (χ1n) is 7.61. The number of benzene rings is 1. The molecule has 0 bridgehead atoms. The Kier molecular flexibility index (Phi) is 3.15. The number of carbonyl (C=O) groups is 1. The van der Waals surface area contributed by atoms with Gasteiger partial charge in [0.2, 0.25) is 0 Å². The molecule has 0 saturated carbocycles. The SMILES string of the molecule is O=C(C1CCOC2(CCSC2)C1)C1Cc2ccccc21. The second-order valence-electron chi connectivity index (χ2n) is 6.38. The fraction of sp³-hybridized carbons (Fsp3) is 0.588. The van der Waals surface area contributed by atoms with Crippen LogP contribution < -0.4 is 0 Å². The van der Waals surface area contributed by atoms with Crippen LogP contribution in [0.3, 0.4) is 0 Å². The van der Waals surface area contributed by atoms with Crippen LogP contribution in [0.2, 0.25) is 0 Å². The number of hydrogen-bond donors (Lipinski definition) is 0. The van der Waals surface area contributed by atoms with Crippen molar-refractivity contribution in [3.63, 3.8) is 0 Å². The number of carbonyl (C=O) groups excluding carboxylic acids is 1. The first-order chi connectivity index (χ1) is 9.77. The minimum atomic E-state index is 0.0203. The van der Waals surface area contributed by atoms with Gasteiger partial charge >= 0.3 is 0 Å². The Bertz CT molecular complexity index is 534. The van der Waals surface area contributed by atoms with E-state index in [0.29, 0.717) is 5.78 Å². The van der Waals surface area contributed by atoms with Crippen LogP contribution in [0.25, 0.3) is 0 Å². The third kappa shape index (κ3) is 2.03. The average molecular weight is 288 g/mol. The highest BCUT2D eigenvalue weighted by Gasteiger charge is 2.45. The van der Waals surface area contributed by atoms with E-state index >= 15 is 0 Å². The molecule has 3 aliphatic rings. The Labute approximate surface area is 124 Å². The maximum Gasteiger partial charge on any atom is 0.143 e. The molecular formula is C17H20O2S. The Morgan fingerprint density at radius 1 is 1.35 bits per heavy atom. The van der Waals surface area contributed by atoms with Crippen molar-refractivity contribution in [3.8, 4) is 0 Å². The van der Waals surface area contributed by atoms with E-state index in [-0.39, 0.29) is 17.4 Å². The molecule has 3 atom stereocenters. The average Bonchev–Trinajstić information content (AvgIpc) is 2.88. The largest absolute Gasteiger partial charge is 0.374 e. The third-order valence-electron chi connectivity index (χ3n) is 5.16. The quantitative estimate of drug-likeness (QED) is 0.836. The molecule has 0 N–H and O–H groups in total. The van der Waals surface area contributed by atoms with Crippen molar-refractivity contribution in [1.29, 1.82) is 0 Å². The molecular weight excluding hydrogens is 268 g/mol. The van der Waals surface area contributed by atoms with Crippen molar-refractivity contribution >= 4 is 17.5 Å². The molecule has 3 unspecified atom stereocenters. The summed E-state index contributed by atoms with van der Waals surface area (Å²) in [6, 6.07) is 8.40. The number of thioether (sulfide) groups is 1. The fourth-order valence-corrected chi connectivity index (χ4v) is 5.31. The fourth-order valence-electron chi connectivity index (χ4n) is 3.93. The van der Waals surface area contributed by atoms with E-state index in [1.807, 2.05) is 11.8 Å². The molecule has 0 radical (unpaired) electrons. The molecule has 2 saturated heterocycles. The zero-order chi connectivity index (χ0) is 13.6. The summed E-state index contributed by atoms with van der Waals surface area (Å²) in [6.45, 7) is 0.769. The van der Waals surface area contributed by atoms with Gasteiger partial charge in [-0.2, -0.15) is 11.8 Å². The van der Waals surface area contributed by atoms with Crippen LogP contribution in [-0.4, -0.2) is 29.5 Å². The summed E-state index contributed by atoms with van der Waals surface area (Å²) < 4.78 is 6.03. The van der Waals surface area contributed by atoms with Gasteiger partial charge in [0.1, 0.15) is 5.78 Å². The van der Waals surface area contributed by atoms with Crippen molar-refractivity contribution in [1.82, 2.24) is 0 Å². The molecule has 2 fully saturated rings. The molecule has 1 aromatic rings. The molecule has 1 aliphatic carbocycles. The highest BCUT2D eigenvalue weighted by molar-refractivity contribution is 7.99. The van der Waals surface area contributed by atoms with Crippen LogP contribution in [0.15, 0.2) is 24.3 Å². The lowest BCUT2D eigenvalue weighted by Crippen LogP contribution is -2.44. The van der Waals surface area contributed by atoms with Crippen LogP contribution in [0.4, 0.5) is 0 Å². The topological polar surface area (TPSA) is 26.3 Å². The van der Waals surface area contributed by atoms with Gasteiger partial charge < -0.3 is 4.74 Å². The summed E-state index contributed by atoms with van der Waals surface area (Å²) >= 11 is 1.97. The molecule has 106 valence electrons. The number of ketones is 1. The predicted octanol–water partition coefficient (Wildman–Crippen LogP) is 3.20. The standard InChI is InChI=1S/C17H20O2S/c18-16(15-9-12-3-1-2-4-14(12)15)13-5-7-19-17(10-13)6-8-20-11-17/h1-4,13,15H,5-11H2. The van der Waals surface area contributed by atoms with Gasteiger partial charge in [-0.3, -0.25) is 4.79 Å². The number of rotatable bonds is 2. The van der Waals surface area contributed by atoms with Crippen molar-refractivity contribution in [2.75, 3.05) is 18.1 Å². The maximum atomic E-state index is 12.8. The Hall–Kier alpha value is -0.800. The normalized spacial score (nSPS) is 35.6. The Morgan fingerprint density at radius 3 is 3.05 bits per heavy atom. The maximum absolute atomic E-state index is 12.8. The highest BCUT2D eigenvalue weighted by atomic mass is 32.2. The van der Waals surface area contributed by atoms with Crippen molar-refractivity contribution < 1.29 is 9.53 Å². The van der Waals surface area contributed by atoms with Crippen LogP contribution >= 0.6 is 11.8 Å². The van der Waals surface area contributed by atoms with Crippen molar-refractivity contribution in [2.45, 2.75) is 37.2 Å². The Morgan fingerprint density at radius 2 is 2.25 bits per heavy atom. The second kappa shape index (κ2) is 4.88. The lowest BCUT2D eigenvalue weighted by Gasteiger charge is -2.40. The van der Waals surface area contributed by atoms with E-state index in [0.717, 1.165) is 38.0 Å². The molecule has 1 spiro atoms. The Balaban J connectivity index is 1.49. The third-order valence-corrected chi connectivity index (χ3v) is 6.38. The summed E-state index contributed by atoms with van der Waals surface area (Å²) in [7, 11) is 0. The van der Waals surface area contributed by atoms with Crippen LogP contribution in [0.1, 0.15) is 36.3 Å². The first-order valence-corrected chi connectivity index (χ1v) is 8.76. The van der Waals surface area contributed by atoms with Crippen molar-refractivity contribution in [3.05, 3.63) is 35.4 Å². The van der Waals surface area contributed by atoms with Crippen molar-refractivity contribution in [2.24, 2.45) is 5.92 Å². The lowest BCUT2D eigenvalue weighted by molar-refractivity contribution is -0.136. The molecule has 20 heavy (non-hydrogen) atoms. The van der Waals surface area contributed by atoms with E-state index in [1.165, 1.54) is 16.9 Å². The molecule has 4 rings (SSSR count). The minimum absolute atomic E-state index is 0.0203. The monoisotopic (exact) mass is 288 g/mol. The summed E-state index contributed by atoms with van der Waals surface area (Å²) in [5.41, 5.74) is 2.66. The minimum Gasteiger partial charge on any atom is -0.374 e. The van der Waals surface area contributed by atoms with Crippen LogP contribution in [0, 0.1) is 5.92 Å². The zero-order valence-corrected chi connectivity index (χ0v) is 12.5. The van der Waals surface area contributed by atoms with Crippen LogP contribution in [-0.2, 0) is 16.0 Å². The number of fused-ring (bicyclic) bond motifs is 1. The van der Waals surface area contributed by atoms with E-state index in [2.05, 4.69) is 24.3 Å². The van der Waals surface area contributed by atoms with Gasteiger partial charge in [0, 0.05) is 24.2 Å². The molecule has 2 heterocycles. The van der Waals surface area contributed by atoms with E-state index in [9.17, 15) is 4.79 Å². The zero-order valence-electron chi connectivity index (χ0n) is 11.6. The van der Waals surface area contributed by atoms with Crippen LogP contribution in [0.5, 0.6) is 0 Å². The van der Waals surface area contributed by atoms with Gasteiger partial charge in [0.05, 0.1) is 5.60 Å². The van der Waals surface area contributed by atoms with E-state index in [4.69, 9.17) is 4.74 Å². The summed E-state index contributed by atoms with van der Waals surface area (Å²) in [4.78, 5) is 12.8. The van der Waals surface area contributed by atoms with Gasteiger partial charge in [-0.1, -0.05) is 24.3 Å². The van der Waals surface area contributed by atoms with Gasteiger partial charge in [-0.05, 0) is 42.6 Å². The molecule has 1 aromatic carbocycles. The molecule has 2 aliphatic heterocycles. The van der Waals surface area contributed by atoms with Gasteiger partial charge in [-0.15, -0.1) is 0 Å². The highest BCUT2D eigenvalue weighted by Crippen LogP contribution is 2.44. The molecule has 0 aromatic heterocycles. The lowest BCUT2D eigenvalue weighted by atomic mass is 9.69. The molecule has 2 nitrogen and oxygen atoms in total. The summed E-state index contributed by atoms with van der Waals surface area (Å²) in [5.74, 6) is 3.13. The molecule has 0 amide bonds. The van der Waals surface area contributed by atoms with Gasteiger partial charge in [0.15, 0.2) is 0 Å². The second-order valence-corrected chi connectivity index (χ2v) is 7.49. The molecule has 3 heteroatoms.